The molecule has 1 atom stereocenters. The van der Waals surface area contributed by atoms with Crippen molar-refractivity contribution in [1.29, 1.82) is 0 Å². The van der Waals surface area contributed by atoms with Crippen LogP contribution in [0.5, 0.6) is 0 Å². The highest BCUT2D eigenvalue weighted by Crippen LogP contribution is 2.30. The average molecular weight is 424 g/mol. The first-order valence-electron chi connectivity index (χ1n) is 9.80. The van der Waals surface area contributed by atoms with E-state index in [0.717, 1.165) is 24.4 Å². The number of halogens is 1. The largest absolute Gasteiger partial charge is 0.346 e. The van der Waals surface area contributed by atoms with E-state index in [9.17, 15) is 14.0 Å². The van der Waals surface area contributed by atoms with Crippen LogP contribution in [0, 0.1) is 5.82 Å². The van der Waals surface area contributed by atoms with E-state index in [4.69, 9.17) is 0 Å². The number of nitrogens with zero attached hydrogens (tertiary/aromatic N) is 1. The fourth-order valence-corrected chi connectivity index (χ4v) is 4.55. The number of nitrogens with one attached hydrogen (secondary N) is 2. The van der Waals surface area contributed by atoms with E-state index in [1.54, 1.807) is 17.4 Å². The molecule has 0 saturated heterocycles. The van der Waals surface area contributed by atoms with Crippen LogP contribution in [0.25, 0.3) is 0 Å². The van der Waals surface area contributed by atoms with Crippen LogP contribution in [0.15, 0.2) is 66.0 Å². The maximum atomic E-state index is 13.7. The van der Waals surface area contributed by atoms with Crippen molar-refractivity contribution in [1.82, 2.24) is 10.2 Å². The Bertz CT molecular complexity index is 1040. The molecular formula is C23H22FN3O2S. The first-order chi connectivity index (χ1) is 14.6. The molecule has 0 unspecified atom stereocenters. The van der Waals surface area contributed by atoms with Gasteiger partial charge in [0, 0.05) is 24.5 Å². The molecule has 30 heavy (non-hydrogen) atoms. The van der Waals surface area contributed by atoms with Crippen LogP contribution in [0.3, 0.4) is 0 Å². The molecular weight excluding hydrogens is 401 g/mol. The van der Waals surface area contributed by atoms with E-state index in [-0.39, 0.29) is 11.7 Å². The van der Waals surface area contributed by atoms with E-state index in [1.807, 2.05) is 23.6 Å². The number of amides is 2. The number of carbonyl (C=O) groups excluding carboxylic acids is 2. The van der Waals surface area contributed by atoms with Gasteiger partial charge < -0.3 is 10.6 Å². The monoisotopic (exact) mass is 423 g/mol. The normalized spacial score (nSPS) is 14.6. The molecule has 0 spiro atoms. The molecule has 1 aliphatic heterocycles. The predicted octanol–water partition coefficient (Wildman–Crippen LogP) is 3.74. The second-order valence-corrected chi connectivity index (χ2v) is 8.14. The van der Waals surface area contributed by atoms with Crippen molar-refractivity contribution in [3.8, 4) is 0 Å². The van der Waals surface area contributed by atoms with Gasteiger partial charge in [0.05, 0.1) is 11.7 Å². The number of para-hydroxylation sites is 1. The minimum Gasteiger partial charge on any atom is -0.346 e. The highest BCUT2D eigenvalue weighted by Gasteiger charge is 2.27. The second-order valence-electron chi connectivity index (χ2n) is 7.16. The van der Waals surface area contributed by atoms with Gasteiger partial charge in [0.1, 0.15) is 5.82 Å². The molecule has 2 amide bonds. The van der Waals surface area contributed by atoms with E-state index < -0.39 is 17.6 Å². The SMILES string of the molecule is O=C(NC[C@H](c1cccs1)N1CCc2ccccc2C1)C(=O)Nc1ccccc1F. The summed E-state index contributed by atoms with van der Waals surface area (Å²) in [5.41, 5.74) is 2.63. The maximum absolute atomic E-state index is 13.7. The average Bonchev–Trinajstić information content (AvgIpc) is 3.30. The Labute approximate surface area is 178 Å². The van der Waals surface area contributed by atoms with Crippen LogP contribution in [-0.4, -0.2) is 29.8 Å². The summed E-state index contributed by atoms with van der Waals surface area (Å²) < 4.78 is 13.7. The Morgan fingerprint density at radius 2 is 1.77 bits per heavy atom. The molecule has 0 radical (unpaired) electrons. The molecule has 154 valence electrons. The zero-order valence-electron chi connectivity index (χ0n) is 16.3. The molecule has 2 heterocycles. The number of hydrogen-bond acceptors (Lipinski definition) is 4. The lowest BCUT2D eigenvalue weighted by molar-refractivity contribution is -0.136. The number of hydrogen-bond donors (Lipinski definition) is 2. The van der Waals surface area contributed by atoms with Crippen LogP contribution < -0.4 is 10.6 Å². The van der Waals surface area contributed by atoms with Gasteiger partial charge in [0.15, 0.2) is 0 Å². The van der Waals surface area contributed by atoms with E-state index >= 15 is 0 Å². The summed E-state index contributed by atoms with van der Waals surface area (Å²) in [5, 5.41) is 7.05. The Hall–Kier alpha value is -3.03. The van der Waals surface area contributed by atoms with E-state index in [0.29, 0.717) is 6.54 Å². The summed E-state index contributed by atoms with van der Waals surface area (Å²) in [7, 11) is 0. The number of anilines is 1. The standard InChI is InChI=1S/C23H22FN3O2S/c24-18-8-3-4-9-19(18)26-23(29)22(28)25-14-20(21-10-5-13-30-21)27-12-11-16-6-1-2-7-17(16)15-27/h1-10,13,20H,11-12,14-15H2,(H,25,28)(H,26,29)/t20-/m1/s1. The summed E-state index contributed by atoms with van der Waals surface area (Å²) in [6.45, 7) is 1.96. The summed E-state index contributed by atoms with van der Waals surface area (Å²) in [6.07, 6.45) is 0.944. The van der Waals surface area contributed by atoms with Gasteiger partial charge in [0.2, 0.25) is 0 Å². The van der Waals surface area contributed by atoms with Crippen molar-refractivity contribution in [3.05, 3.63) is 87.9 Å². The summed E-state index contributed by atoms with van der Waals surface area (Å²) in [5.74, 6) is -2.24. The van der Waals surface area contributed by atoms with Crippen molar-refractivity contribution in [2.45, 2.75) is 19.0 Å². The molecule has 2 N–H and O–H groups in total. The molecule has 1 aliphatic rings. The van der Waals surface area contributed by atoms with Crippen LogP contribution in [-0.2, 0) is 22.6 Å². The summed E-state index contributed by atoms with van der Waals surface area (Å²) in [4.78, 5) is 28.0. The highest BCUT2D eigenvalue weighted by atomic mass is 32.1. The van der Waals surface area contributed by atoms with Crippen molar-refractivity contribution in [2.24, 2.45) is 0 Å². The smallest absolute Gasteiger partial charge is 0.313 e. The molecule has 1 aromatic heterocycles. The molecule has 3 aromatic rings. The molecule has 0 bridgehead atoms. The first kappa shape index (κ1) is 20.3. The van der Waals surface area contributed by atoms with Gasteiger partial charge in [-0.2, -0.15) is 0 Å². The zero-order valence-corrected chi connectivity index (χ0v) is 17.1. The predicted molar refractivity (Wildman–Crippen MR) is 116 cm³/mol. The number of thiophene rings is 1. The molecule has 0 saturated carbocycles. The lowest BCUT2D eigenvalue weighted by Crippen LogP contribution is -2.43. The third-order valence-corrected chi connectivity index (χ3v) is 6.23. The Morgan fingerprint density at radius 1 is 1.00 bits per heavy atom. The highest BCUT2D eigenvalue weighted by molar-refractivity contribution is 7.10. The Morgan fingerprint density at radius 3 is 2.53 bits per heavy atom. The minimum atomic E-state index is -0.881. The van der Waals surface area contributed by atoms with Crippen molar-refractivity contribution in [3.63, 3.8) is 0 Å². The van der Waals surface area contributed by atoms with E-state index in [2.05, 4.69) is 33.7 Å². The third kappa shape index (κ3) is 4.58. The maximum Gasteiger partial charge on any atom is 0.313 e. The van der Waals surface area contributed by atoms with Crippen molar-refractivity contribution >= 4 is 28.8 Å². The third-order valence-electron chi connectivity index (χ3n) is 5.26. The van der Waals surface area contributed by atoms with Crippen molar-refractivity contribution in [2.75, 3.05) is 18.4 Å². The zero-order chi connectivity index (χ0) is 20.9. The molecule has 0 aliphatic carbocycles. The number of carbonyl (C=O) groups is 2. The second kappa shape index (κ2) is 9.19. The Kier molecular flexibility index (Phi) is 6.21. The molecule has 4 rings (SSSR count). The van der Waals surface area contributed by atoms with Gasteiger partial charge in [-0.3, -0.25) is 14.5 Å². The molecule has 2 aromatic carbocycles. The first-order valence-corrected chi connectivity index (χ1v) is 10.7. The molecule has 0 fully saturated rings. The van der Waals surface area contributed by atoms with Gasteiger partial charge >= 0.3 is 11.8 Å². The topological polar surface area (TPSA) is 61.4 Å². The number of benzene rings is 2. The van der Waals surface area contributed by atoms with E-state index in [1.165, 1.54) is 29.3 Å². The van der Waals surface area contributed by atoms with Gasteiger partial charge in [-0.15, -0.1) is 11.3 Å². The quantitative estimate of drug-likeness (QED) is 0.615. The van der Waals surface area contributed by atoms with Crippen LogP contribution in [0.4, 0.5) is 10.1 Å². The van der Waals surface area contributed by atoms with Gasteiger partial charge in [-0.25, -0.2) is 4.39 Å². The number of rotatable bonds is 5. The van der Waals surface area contributed by atoms with Gasteiger partial charge in [-0.1, -0.05) is 42.5 Å². The molecule has 7 heteroatoms. The van der Waals surface area contributed by atoms with Gasteiger partial charge in [-0.05, 0) is 41.1 Å². The van der Waals surface area contributed by atoms with Crippen molar-refractivity contribution < 1.29 is 14.0 Å². The minimum absolute atomic E-state index is 0.0138. The summed E-state index contributed by atoms with van der Waals surface area (Å²) >= 11 is 1.63. The fourth-order valence-electron chi connectivity index (χ4n) is 3.69. The van der Waals surface area contributed by atoms with Crippen LogP contribution in [0.2, 0.25) is 0 Å². The lowest BCUT2D eigenvalue weighted by Gasteiger charge is -2.35. The Balaban J connectivity index is 1.43. The summed E-state index contributed by atoms with van der Waals surface area (Å²) in [6, 6.07) is 18.1. The fraction of sp³-hybridized carbons (Fsp3) is 0.217. The lowest BCUT2D eigenvalue weighted by atomic mass is 9.98. The molecule has 5 nitrogen and oxygen atoms in total. The number of fused-ring (bicyclic) bond motifs is 1. The van der Waals surface area contributed by atoms with Gasteiger partial charge in [0.25, 0.3) is 0 Å². The van der Waals surface area contributed by atoms with Crippen LogP contribution in [0.1, 0.15) is 22.0 Å². The van der Waals surface area contributed by atoms with Crippen LogP contribution >= 0.6 is 11.3 Å².